The van der Waals surface area contributed by atoms with Gasteiger partial charge in [-0.1, -0.05) is 75.1 Å². The van der Waals surface area contributed by atoms with Crippen LogP contribution in [0.25, 0.3) is 11.4 Å². The number of ether oxygens (including phenoxy) is 2. The van der Waals surface area contributed by atoms with Crippen molar-refractivity contribution >= 4 is 20.0 Å². The summed E-state index contributed by atoms with van der Waals surface area (Å²) in [6.07, 6.45) is 3.89. The number of ketones is 1. The van der Waals surface area contributed by atoms with Crippen LogP contribution in [-0.4, -0.2) is 62.4 Å². The number of Topliss-reactive ketones (excluding diaryl/α,β-unsaturated/α-hetero) is 1. The summed E-state index contributed by atoms with van der Waals surface area (Å²) in [5.74, 6) is 1.08. The predicted octanol–water partition coefficient (Wildman–Crippen LogP) is 4.71. The Morgan fingerprint density at radius 2 is 1.83 bits per heavy atom. The molecule has 0 saturated heterocycles. The van der Waals surface area contributed by atoms with E-state index in [4.69, 9.17) is 9.47 Å². The molecule has 0 saturated carbocycles. The third-order valence-corrected chi connectivity index (χ3v) is 8.29. The summed E-state index contributed by atoms with van der Waals surface area (Å²) >= 11 is 0. The van der Waals surface area contributed by atoms with Crippen LogP contribution in [0.4, 0.5) is 4.79 Å². The standard InChI is InChI=1S/C30H39N7O4Si/c1-5-26(32-30(39)41-21-23-10-7-6-8-11-23)27(38)20-37-34-28(33-35-37)19-24-12-9-13-25(18-24)29-31-14-15-36(29)22-40-16-17-42(2,3)4/h6-15,18,26H,5,16-17,19-22H2,1-4H3,(H,32,39). The van der Waals surface area contributed by atoms with Crippen molar-refractivity contribution in [2.75, 3.05) is 6.61 Å². The maximum absolute atomic E-state index is 12.9. The highest BCUT2D eigenvalue weighted by Gasteiger charge is 2.21. The van der Waals surface area contributed by atoms with Crippen LogP contribution in [0.1, 0.15) is 30.3 Å². The number of alkyl carbamates (subject to hydrolysis) is 1. The maximum Gasteiger partial charge on any atom is 0.408 e. The van der Waals surface area contributed by atoms with Crippen molar-refractivity contribution in [1.82, 2.24) is 35.1 Å². The Labute approximate surface area is 247 Å². The van der Waals surface area contributed by atoms with Gasteiger partial charge in [-0.15, -0.1) is 10.2 Å². The van der Waals surface area contributed by atoms with Crippen molar-refractivity contribution in [3.05, 3.63) is 83.9 Å². The molecule has 1 N–H and O–H groups in total. The number of hydrogen-bond donors (Lipinski definition) is 1. The maximum atomic E-state index is 12.9. The highest BCUT2D eigenvalue weighted by Crippen LogP contribution is 2.20. The zero-order valence-electron chi connectivity index (χ0n) is 24.7. The van der Waals surface area contributed by atoms with E-state index in [2.05, 4.69) is 45.4 Å². The lowest BCUT2D eigenvalue weighted by molar-refractivity contribution is -0.122. The number of amides is 1. The number of carbonyl (C=O) groups is 2. The molecule has 4 rings (SSSR count). The monoisotopic (exact) mass is 589 g/mol. The van der Waals surface area contributed by atoms with E-state index in [0.717, 1.165) is 35.2 Å². The van der Waals surface area contributed by atoms with Crippen LogP contribution >= 0.6 is 0 Å². The SMILES string of the molecule is CCC(NC(=O)OCc1ccccc1)C(=O)Cn1nnc(Cc2cccc(-c3nccn3COCC[Si](C)(C)C)c2)n1. The topological polar surface area (TPSA) is 126 Å². The number of benzene rings is 2. The Hall–Kier alpha value is -4.16. The zero-order valence-corrected chi connectivity index (χ0v) is 25.7. The van der Waals surface area contributed by atoms with Gasteiger partial charge in [-0.05, 0) is 34.9 Å². The van der Waals surface area contributed by atoms with Crippen molar-refractivity contribution in [3.8, 4) is 11.4 Å². The molecule has 2 heterocycles. The lowest BCUT2D eigenvalue weighted by Crippen LogP contribution is -2.42. The number of tetrazole rings is 1. The average molecular weight is 590 g/mol. The Morgan fingerprint density at radius 3 is 2.60 bits per heavy atom. The molecule has 1 amide bonds. The summed E-state index contributed by atoms with van der Waals surface area (Å²) in [4.78, 5) is 30.9. The van der Waals surface area contributed by atoms with Gasteiger partial charge in [0.15, 0.2) is 11.6 Å². The molecule has 42 heavy (non-hydrogen) atoms. The van der Waals surface area contributed by atoms with Crippen molar-refractivity contribution in [3.63, 3.8) is 0 Å². The molecule has 0 bridgehead atoms. The second kappa shape index (κ2) is 14.6. The molecule has 0 aliphatic carbocycles. The van der Waals surface area contributed by atoms with E-state index in [-0.39, 0.29) is 18.9 Å². The van der Waals surface area contributed by atoms with E-state index in [9.17, 15) is 9.59 Å². The zero-order chi connectivity index (χ0) is 30.0. The summed E-state index contributed by atoms with van der Waals surface area (Å²) in [5.41, 5.74) is 2.82. The molecule has 12 heteroatoms. The number of hydrogen-bond acceptors (Lipinski definition) is 8. The number of aromatic nitrogens is 6. The van der Waals surface area contributed by atoms with Crippen LogP contribution in [-0.2, 0) is 40.6 Å². The summed E-state index contributed by atoms with van der Waals surface area (Å²) in [6, 6.07) is 17.8. The lowest BCUT2D eigenvalue weighted by Gasteiger charge is -2.16. The molecule has 0 aliphatic heterocycles. The Balaban J connectivity index is 1.30. The van der Waals surface area contributed by atoms with Crippen molar-refractivity contribution in [1.29, 1.82) is 0 Å². The highest BCUT2D eigenvalue weighted by molar-refractivity contribution is 6.76. The van der Waals surface area contributed by atoms with Gasteiger partial charge in [-0.25, -0.2) is 9.78 Å². The fraction of sp³-hybridized carbons (Fsp3) is 0.400. The van der Waals surface area contributed by atoms with Crippen LogP contribution in [0, 0.1) is 0 Å². The van der Waals surface area contributed by atoms with E-state index in [1.807, 2.05) is 72.3 Å². The summed E-state index contributed by atoms with van der Waals surface area (Å²) in [7, 11) is -1.15. The summed E-state index contributed by atoms with van der Waals surface area (Å²) in [6.45, 7) is 10.0. The van der Waals surface area contributed by atoms with Gasteiger partial charge in [0.25, 0.3) is 0 Å². The Bertz CT molecular complexity index is 1450. The van der Waals surface area contributed by atoms with Crippen LogP contribution in [0.5, 0.6) is 0 Å². The van der Waals surface area contributed by atoms with Crippen molar-refractivity contribution in [2.45, 2.75) is 71.4 Å². The molecule has 11 nitrogen and oxygen atoms in total. The number of rotatable bonds is 15. The summed E-state index contributed by atoms with van der Waals surface area (Å²) in [5, 5.41) is 15.2. The van der Waals surface area contributed by atoms with Gasteiger partial charge in [0, 0.05) is 39.1 Å². The van der Waals surface area contributed by atoms with Gasteiger partial charge >= 0.3 is 6.09 Å². The van der Waals surface area contributed by atoms with Crippen LogP contribution in [0.15, 0.2) is 67.0 Å². The smallest absolute Gasteiger partial charge is 0.408 e. The fourth-order valence-corrected chi connectivity index (χ4v) is 4.96. The number of carbonyl (C=O) groups excluding carboxylic acids is 2. The number of imidazole rings is 1. The van der Waals surface area contributed by atoms with Crippen molar-refractivity contribution < 1.29 is 19.1 Å². The molecule has 0 aliphatic rings. The first-order valence-electron chi connectivity index (χ1n) is 14.1. The third-order valence-electron chi connectivity index (χ3n) is 6.58. The molecule has 222 valence electrons. The molecule has 2 aromatic carbocycles. The van der Waals surface area contributed by atoms with E-state index in [0.29, 0.717) is 25.4 Å². The second-order valence-corrected chi connectivity index (χ2v) is 16.9. The Morgan fingerprint density at radius 1 is 1.05 bits per heavy atom. The molecule has 0 spiro atoms. The van der Waals surface area contributed by atoms with Gasteiger partial charge in [0.05, 0.1) is 6.04 Å². The molecule has 4 aromatic rings. The molecule has 0 radical (unpaired) electrons. The highest BCUT2D eigenvalue weighted by atomic mass is 28.3. The van der Waals surface area contributed by atoms with E-state index >= 15 is 0 Å². The number of nitrogens with zero attached hydrogens (tertiary/aromatic N) is 6. The van der Waals surface area contributed by atoms with Gasteiger partial charge < -0.3 is 19.4 Å². The largest absolute Gasteiger partial charge is 0.445 e. The molecule has 1 unspecified atom stereocenters. The van der Waals surface area contributed by atoms with Crippen LogP contribution in [0.3, 0.4) is 0 Å². The van der Waals surface area contributed by atoms with Gasteiger partial charge in [0.1, 0.15) is 25.7 Å². The average Bonchev–Trinajstić information content (AvgIpc) is 3.62. The quantitative estimate of drug-likeness (QED) is 0.156. The normalized spacial score (nSPS) is 12.2. The molecule has 1 atom stereocenters. The molecular weight excluding hydrogens is 550 g/mol. The van der Waals surface area contributed by atoms with Gasteiger partial charge in [-0.3, -0.25) is 4.79 Å². The summed E-state index contributed by atoms with van der Waals surface area (Å²) < 4.78 is 13.2. The predicted molar refractivity (Wildman–Crippen MR) is 161 cm³/mol. The van der Waals surface area contributed by atoms with E-state index in [1.54, 1.807) is 6.20 Å². The van der Waals surface area contributed by atoms with Crippen LogP contribution < -0.4 is 5.32 Å². The first kappa shape index (κ1) is 30.8. The van der Waals surface area contributed by atoms with Gasteiger partial charge in [-0.2, -0.15) is 4.80 Å². The Kier molecular flexibility index (Phi) is 10.7. The fourth-order valence-electron chi connectivity index (χ4n) is 4.20. The second-order valence-electron chi connectivity index (χ2n) is 11.3. The van der Waals surface area contributed by atoms with E-state index in [1.165, 1.54) is 4.80 Å². The minimum absolute atomic E-state index is 0.111. The molecule has 2 aromatic heterocycles. The minimum Gasteiger partial charge on any atom is -0.445 e. The van der Waals surface area contributed by atoms with Crippen LogP contribution in [0.2, 0.25) is 25.7 Å². The lowest BCUT2D eigenvalue weighted by atomic mass is 10.1. The first-order chi connectivity index (χ1) is 20.2. The van der Waals surface area contributed by atoms with Gasteiger partial charge in [0.2, 0.25) is 0 Å². The van der Waals surface area contributed by atoms with E-state index < -0.39 is 20.2 Å². The molecule has 0 fully saturated rings. The minimum atomic E-state index is -1.15. The number of nitrogens with one attached hydrogen (secondary N) is 1. The molecular formula is C30H39N7O4Si. The van der Waals surface area contributed by atoms with Crippen molar-refractivity contribution in [2.24, 2.45) is 0 Å². The third kappa shape index (κ3) is 9.45. The first-order valence-corrected chi connectivity index (χ1v) is 17.9.